The van der Waals surface area contributed by atoms with E-state index in [2.05, 4.69) is 10.0 Å². The SMILES string of the molecule is CCOC(=O)CN(C(=O)CN=[N+]=[N-])c1cccc(OC)c1. The van der Waals surface area contributed by atoms with Crippen molar-refractivity contribution in [2.45, 2.75) is 6.92 Å². The van der Waals surface area contributed by atoms with E-state index in [0.717, 1.165) is 0 Å². The van der Waals surface area contributed by atoms with E-state index in [4.69, 9.17) is 15.0 Å². The Kier molecular flexibility index (Phi) is 6.56. The third-order valence-corrected chi connectivity index (χ3v) is 2.53. The highest BCUT2D eigenvalue weighted by Crippen LogP contribution is 2.21. The average Bonchev–Trinajstić information content (AvgIpc) is 2.50. The molecule has 8 heteroatoms. The van der Waals surface area contributed by atoms with Gasteiger partial charge in [-0.05, 0) is 24.6 Å². The number of carbonyl (C=O) groups is 2. The Balaban J connectivity index is 3.01. The number of esters is 1. The van der Waals surface area contributed by atoms with Crippen LogP contribution in [0, 0.1) is 0 Å². The van der Waals surface area contributed by atoms with E-state index in [1.54, 1.807) is 31.2 Å². The number of anilines is 1. The molecule has 21 heavy (non-hydrogen) atoms. The van der Waals surface area contributed by atoms with Crippen molar-refractivity contribution in [3.05, 3.63) is 34.7 Å². The zero-order chi connectivity index (χ0) is 15.7. The first-order valence-corrected chi connectivity index (χ1v) is 6.23. The van der Waals surface area contributed by atoms with Gasteiger partial charge in [0.15, 0.2) is 0 Å². The summed E-state index contributed by atoms with van der Waals surface area (Å²) in [5.41, 5.74) is 8.75. The molecular weight excluding hydrogens is 276 g/mol. The van der Waals surface area contributed by atoms with Crippen molar-refractivity contribution in [1.82, 2.24) is 0 Å². The molecule has 8 nitrogen and oxygen atoms in total. The van der Waals surface area contributed by atoms with E-state index in [-0.39, 0.29) is 19.7 Å². The molecule has 0 aliphatic rings. The zero-order valence-electron chi connectivity index (χ0n) is 11.9. The summed E-state index contributed by atoms with van der Waals surface area (Å²) in [5.74, 6) is -0.512. The summed E-state index contributed by atoms with van der Waals surface area (Å²) < 4.78 is 9.92. The molecule has 0 heterocycles. The highest BCUT2D eigenvalue weighted by molar-refractivity contribution is 5.99. The summed E-state index contributed by atoms with van der Waals surface area (Å²) in [4.78, 5) is 27.4. The molecule has 112 valence electrons. The summed E-state index contributed by atoms with van der Waals surface area (Å²) in [6.45, 7) is 1.25. The molecule has 0 radical (unpaired) electrons. The first-order valence-electron chi connectivity index (χ1n) is 6.23. The van der Waals surface area contributed by atoms with Crippen LogP contribution in [0.2, 0.25) is 0 Å². The number of hydrogen-bond acceptors (Lipinski definition) is 5. The summed E-state index contributed by atoms with van der Waals surface area (Å²) >= 11 is 0. The number of hydrogen-bond donors (Lipinski definition) is 0. The van der Waals surface area contributed by atoms with Gasteiger partial charge in [0.25, 0.3) is 0 Å². The van der Waals surface area contributed by atoms with Crippen LogP contribution in [0.1, 0.15) is 6.92 Å². The quantitative estimate of drug-likeness (QED) is 0.331. The minimum absolute atomic E-state index is 0.218. The molecule has 0 aromatic heterocycles. The maximum absolute atomic E-state index is 12.1. The molecule has 1 aromatic carbocycles. The van der Waals surface area contributed by atoms with Crippen molar-refractivity contribution >= 4 is 17.6 Å². The Hall–Kier alpha value is -2.73. The normalized spacial score (nSPS) is 9.43. The van der Waals surface area contributed by atoms with E-state index in [1.807, 2.05) is 0 Å². The lowest BCUT2D eigenvalue weighted by Crippen LogP contribution is -2.38. The summed E-state index contributed by atoms with van der Waals surface area (Å²) in [6, 6.07) is 6.65. The summed E-state index contributed by atoms with van der Waals surface area (Å²) in [7, 11) is 1.50. The molecule has 0 saturated heterocycles. The van der Waals surface area contributed by atoms with Crippen molar-refractivity contribution in [1.29, 1.82) is 0 Å². The number of ether oxygens (including phenoxy) is 2. The fourth-order valence-corrected chi connectivity index (χ4v) is 1.62. The van der Waals surface area contributed by atoms with E-state index in [1.165, 1.54) is 12.0 Å². The molecule has 0 spiro atoms. The van der Waals surface area contributed by atoms with Gasteiger partial charge >= 0.3 is 5.97 Å². The fraction of sp³-hybridized carbons (Fsp3) is 0.385. The molecule has 1 amide bonds. The highest BCUT2D eigenvalue weighted by Gasteiger charge is 2.19. The van der Waals surface area contributed by atoms with Crippen LogP contribution in [-0.2, 0) is 14.3 Å². The summed E-state index contributed by atoms with van der Waals surface area (Å²) in [6.07, 6.45) is 0. The van der Waals surface area contributed by atoms with Crippen LogP contribution in [0.25, 0.3) is 10.4 Å². The topological polar surface area (TPSA) is 105 Å². The van der Waals surface area contributed by atoms with Crippen molar-refractivity contribution in [3.63, 3.8) is 0 Å². The lowest BCUT2D eigenvalue weighted by molar-refractivity contribution is -0.142. The molecule has 1 aromatic rings. The van der Waals surface area contributed by atoms with Gasteiger partial charge in [0.1, 0.15) is 18.8 Å². The lowest BCUT2D eigenvalue weighted by atomic mass is 10.2. The number of nitrogens with zero attached hydrogens (tertiary/aromatic N) is 4. The molecule has 0 aliphatic carbocycles. The Morgan fingerprint density at radius 3 is 2.81 bits per heavy atom. The number of methoxy groups -OCH3 is 1. The predicted molar refractivity (Wildman–Crippen MR) is 76.0 cm³/mol. The molecule has 0 bridgehead atoms. The van der Waals surface area contributed by atoms with E-state index >= 15 is 0 Å². The molecule has 0 atom stereocenters. The molecule has 0 N–H and O–H groups in total. The Morgan fingerprint density at radius 1 is 1.43 bits per heavy atom. The number of rotatable bonds is 7. The van der Waals surface area contributed by atoms with Crippen LogP contribution in [0.3, 0.4) is 0 Å². The van der Waals surface area contributed by atoms with E-state index in [0.29, 0.717) is 11.4 Å². The van der Waals surface area contributed by atoms with Crippen molar-refractivity contribution in [3.8, 4) is 5.75 Å². The first kappa shape index (κ1) is 16.3. The van der Waals surface area contributed by atoms with Gasteiger partial charge in [0, 0.05) is 16.7 Å². The fourth-order valence-electron chi connectivity index (χ4n) is 1.62. The van der Waals surface area contributed by atoms with E-state index in [9.17, 15) is 9.59 Å². The molecule has 1 rings (SSSR count). The van der Waals surface area contributed by atoms with Crippen molar-refractivity contribution < 1.29 is 19.1 Å². The third kappa shape index (κ3) is 5.04. The highest BCUT2D eigenvalue weighted by atomic mass is 16.5. The average molecular weight is 292 g/mol. The van der Waals surface area contributed by atoms with Gasteiger partial charge in [0.05, 0.1) is 13.7 Å². The number of amides is 1. The van der Waals surface area contributed by atoms with Crippen molar-refractivity contribution in [2.24, 2.45) is 5.11 Å². The van der Waals surface area contributed by atoms with Gasteiger partial charge in [-0.3, -0.25) is 9.59 Å². The zero-order valence-corrected chi connectivity index (χ0v) is 11.9. The van der Waals surface area contributed by atoms with E-state index < -0.39 is 11.9 Å². The van der Waals surface area contributed by atoms with Gasteiger partial charge in [-0.15, -0.1) is 0 Å². The molecule has 0 unspecified atom stereocenters. The largest absolute Gasteiger partial charge is 0.497 e. The molecular formula is C13H16N4O4. The Bertz CT molecular complexity index is 555. The molecule has 0 aliphatic heterocycles. The number of benzene rings is 1. The number of carbonyl (C=O) groups excluding carboxylic acids is 2. The van der Waals surface area contributed by atoms with Gasteiger partial charge in [0.2, 0.25) is 5.91 Å². The minimum atomic E-state index is -0.547. The second-order valence-corrected chi connectivity index (χ2v) is 3.88. The summed E-state index contributed by atoms with van der Waals surface area (Å²) in [5, 5.41) is 3.22. The number of azide groups is 1. The first-order chi connectivity index (χ1) is 10.1. The maximum Gasteiger partial charge on any atom is 0.326 e. The predicted octanol–water partition coefficient (Wildman–Crippen LogP) is 1.90. The smallest absolute Gasteiger partial charge is 0.326 e. The van der Waals surface area contributed by atoms with Crippen LogP contribution >= 0.6 is 0 Å². The van der Waals surface area contributed by atoms with Gasteiger partial charge in [-0.25, -0.2) is 0 Å². The van der Waals surface area contributed by atoms with Gasteiger partial charge in [-0.1, -0.05) is 11.2 Å². The second-order valence-electron chi connectivity index (χ2n) is 3.88. The second kappa shape index (κ2) is 8.44. The monoisotopic (exact) mass is 292 g/mol. The lowest BCUT2D eigenvalue weighted by Gasteiger charge is -2.21. The third-order valence-electron chi connectivity index (χ3n) is 2.53. The van der Waals surface area contributed by atoms with Crippen LogP contribution in [0.5, 0.6) is 5.75 Å². The van der Waals surface area contributed by atoms with Gasteiger partial charge < -0.3 is 14.4 Å². The Labute approximate surface area is 121 Å². The standard InChI is InChI=1S/C13H16N4O4/c1-3-21-13(19)9-17(12(18)8-15-16-14)10-5-4-6-11(7-10)20-2/h4-7H,3,8-9H2,1-2H3. The molecule has 0 fully saturated rings. The van der Waals surface area contributed by atoms with Crippen LogP contribution in [0.4, 0.5) is 5.69 Å². The van der Waals surface area contributed by atoms with Gasteiger partial charge in [-0.2, -0.15) is 0 Å². The Morgan fingerprint density at radius 2 is 2.19 bits per heavy atom. The van der Waals surface area contributed by atoms with Crippen LogP contribution in [0.15, 0.2) is 29.4 Å². The van der Waals surface area contributed by atoms with Crippen molar-refractivity contribution in [2.75, 3.05) is 31.7 Å². The molecule has 0 saturated carbocycles. The minimum Gasteiger partial charge on any atom is -0.497 e. The van der Waals surface area contributed by atoms with Crippen LogP contribution in [-0.4, -0.2) is 38.7 Å². The van der Waals surface area contributed by atoms with Crippen LogP contribution < -0.4 is 9.64 Å². The maximum atomic E-state index is 12.1.